The minimum Gasteiger partial charge on any atom is -0.481 e. The molecule has 3 aromatic carbocycles. The van der Waals surface area contributed by atoms with E-state index < -0.39 is 48.6 Å². The smallest absolute Gasteiger partial charge is 0.326 e. The summed E-state index contributed by atoms with van der Waals surface area (Å²) in [4.78, 5) is 110. The summed E-state index contributed by atoms with van der Waals surface area (Å²) in [6.45, 7) is 3.13. The number of rotatable bonds is 31. The molecular weight excluding hydrogens is 887 g/mol. The van der Waals surface area contributed by atoms with Gasteiger partial charge in [-0.05, 0) is 118 Å². The molecule has 0 aromatic heterocycles. The van der Waals surface area contributed by atoms with Crippen LogP contribution in [0.15, 0.2) is 66.7 Å². The Morgan fingerprint density at radius 2 is 1.32 bits per heavy atom. The second-order valence-electron chi connectivity index (χ2n) is 17.9. The van der Waals surface area contributed by atoms with Crippen LogP contribution in [0.1, 0.15) is 107 Å². The van der Waals surface area contributed by atoms with Gasteiger partial charge in [-0.25, -0.2) is 9.59 Å². The largest absolute Gasteiger partial charge is 0.481 e. The van der Waals surface area contributed by atoms with Gasteiger partial charge in [0.25, 0.3) is 0 Å². The number of hydrogen-bond donors (Lipinski definition) is 9. The van der Waals surface area contributed by atoms with Crippen LogP contribution in [-0.2, 0) is 51.2 Å². The molecule has 0 radical (unpaired) electrons. The number of benzene rings is 3. The minimum atomic E-state index is -1.45. The summed E-state index contributed by atoms with van der Waals surface area (Å²) in [6, 6.07) is 17.1. The van der Waals surface area contributed by atoms with Gasteiger partial charge in [0.15, 0.2) is 0 Å². The number of urea groups is 1. The molecule has 4 unspecified atom stereocenters. The molecule has 4 atom stereocenters. The van der Waals surface area contributed by atoms with Crippen molar-refractivity contribution in [3.63, 3.8) is 0 Å². The number of amides is 7. The number of aryl methyl sites for hydroxylation is 2. The first-order valence-electron chi connectivity index (χ1n) is 24.1. The predicted molar refractivity (Wildman–Crippen MR) is 259 cm³/mol. The van der Waals surface area contributed by atoms with Gasteiger partial charge in [0, 0.05) is 44.8 Å². The highest BCUT2D eigenvalue weighted by molar-refractivity contribution is 5.89. The molecule has 9 N–H and O–H groups in total. The van der Waals surface area contributed by atoms with Gasteiger partial charge in [-0.1, -0.05) is 72.3 Å². The second-order valence-corrected chi connectivity index (χ2v) is 17.9. The zero-order chi connectivity index (χ0) is 50.0. The average molecular weight is 956 g/mol. The molecule has 7 amide bonds. The van der Waals surface area contributed by atoms with Crippen molar-refractivity contribution in [1.82, 2.24) is 37.2 Å². The zero-order valence-electron chi connectivity index (χ0n) is 39.5. The van der Waals surface area contributed by atoms with Gasteiger partial charge in [0.2, 0.25) is 30.0 Å². The normalized spacial score (nSPS) is 16.1. The summed E-state index contributed by atoms with van der Waals surface area (Å²) in [5.74, 6) is -3.75. The van der Waals surface area contributed by atoms with Crippen LogP contribution in [-0.4, -0.2) is 108 Å². The van der Waals surface area contributed by atoms with Crippen LogP contribution in [0.3, 0.4) is 0 Å². The van der Waals surface area contributed by atoms with Crippen molar-refractivity contribution in [3.05, 3.63) is 83.4 Å². The van der Waals surface area contributed by atoms with Gasteiger partial charge >= 0.3 is 18.0 Å². The van der Waals surface area contributed by atoms with E-state index in [0.29, 0.717) is 90.0 Å². The molecule has 1 saturated carbocycles. The first-order valence-corrected chi connectivity index (χ1v) is 24.1. The van der Waals surface area contributed by atoms with Gasteiger partial charge in [0.05, 0.1) is 6.04 Å². The van der Waals surface area contributed by atoms with Crippen molar-refractivity contribution >= 4 is 65.1 Å². The van der Waals surface area contributed by atoms with Gasteiger partial charge in [0.1, 0.15) is 24.4 Å². The van der Waals surface area contributed by atoms with E-state index >= 15 is 0 Å². The average Bonchev–Trinajstić information content (AvgIpc) is 3.33. The number of unbranched alkanes of at least 4 members (excludes halogenated alkanes) is 2. The zero-order valence-corrected chi connectivity index (χ0v) is 39.5. The number of fused-ring (bicyclic) bond motifs is 1. The standard InChI is InChI=1S/C51H69N7O11/c1-34-15-17-35(18-16-34)9-8-14-45(61)52-27-7-5-13-42(55-33-60)48(65)54-31-36-19-23-39(24-20-36)47(64)57-44(30-37-21-22-38-10-2-3-11-40(38)29-37)49(66)53-28-6-4-12-41(32-59)56-51(69)58-43(50(67)68)25-26-46(62)63/h2-3,10-11,15-18,21-22,29,32-33,36,39,41-44H,4-9,12-14,19-20,23-28,30-31H2,1H3,(H,52,61)(H,53,66)(H,54,65)(H,55,60)(H,57,64)(H,62,63)(H,67,68)(H2,56,58,69). The van der Waals surface area contributed by atoms with Crippen LogP contribution in [0.2, 0.25) is 0 Å². The number of aliphatic carboxylic acids is 2. The number of carbonyl (C=O) groups excluding carboxylic acids is 7. The summed E-state index contributed by atoms with van der Waals surface area (Å²) < 4.78 is 0. The van der Waals surface area contributed by atoms with Gasteiger partial charge in [-0.15, -0.1) is 0 Å². The first kappa shape index (κ1) is 54.8. The van der Waals surface area contributed by atoms with Gasteiger partial charge in [-0.2, -0.15) is 0 Å². The maximum absolute atomic E-state index is 13.7. The molecule has 374 valence electrons. The molecule has 0 heterocycles. The summed E-state index contributed by atoms with van der Waals surface area (Å²) in [5, 5.41) is 39.1. The lowest BCUT2D eigenvalue weighted by molar-refractivity contribution is -0.140. The predicted octanol–water partition coefficient (Wildman–Crippen LogP) is 3.99. The van der Waals surface area contributed by atoms with Crippen molar-refractivity contribution in [2.24, 2.45) is 11.8 Å². The van der Waals surface area contributed by atoms with E-state index in [0.717, 1.165) is 29.2 Å². The second kappa shape index (κ2) is 29.8. The van der Waals surface area contributed by atoms with Crippen LogP contribution in [0.25, 0.3) is 10.8 Å². The van der Waals surface area contributed by atoms with Crippen molar-refractivity contribution in [2.75, 3.05) is 19.6 Å². The van der Waals surface area contributed by atoms with Crippen LogP contribution in [0, 0.1) is 18.8 Å². The number of aldehydes is 1. The number of carboxylic acid groups (broad SMARTS) is 2. The lowest BCUT2D eigenvalue weighted by Crippen LogP contribution is -2.50. The van der Waals surface area contributed by atoms with E-state index in [-0.39, 0.29) is 61.3 Å². The molecule has 69 heavy (non-hydrogen) atoms. The van der Waals surface area contributed by atoms with E-state index in [2.05, 4.69) is 61.5 Å². The highest BCUT2D eigenvalue weighted by atomic mass is 16.4. The summed E-state index contributed by atoms with van der Waals surface area (Å²) >= 11 is 0. The fourth-order valence-electron chi connectivity index (χ4n) is 8.36. The highest BCUT2D eigenvalue weighted by Gasteiger charge is 2.31. The van der Waals surface area contributed by atoms with E-state index in [9.17, 15) is 48.3 Å². The Balaban J connectivity index is 1.19. The molecule has 1 aliphatic carbocycles. The van der Waals surface area contributed by atoms with Crippen LogP contribution < -0.4 is 37.2 Å². The molecule has 0 bridgehead atoms. The van der Waals surface area contributed by atoms with Crippen LogP contribution in [0.4, 0.5) is 4.79 Å². The minimum absolute atomic E-state index is 0.00980. The Labute approximate surface area is 403 Å². The van der Waals surface area contributed by atoms with Crippen molar-refractivity contribution in [1.29, 1.82) is 0 Å². The monoisotopic (exact) mass is 956 g/mol. The number of carboxylic acids is 2. The first-order chi connectivity index (χ1) is 33.2. The third-order valence-corrected chi connectivity index (χ3v) is 12.5. The number of nitrogens with one attached hydrogen (secondary N) is 7. The Hall–Kier alpha value is -6.85. The summed E-state index contributed by atoms with van der Waals surface area (Å²) in [5.41, 5.74) is 3.26. The molecule has 1 aliphatic rings. The molecule has 18 heteroatoms. The Morgan fingerprint density at radius 1 is 0.652 bits per heavy atom. The van der Waals surface area contributed by atoms with Crippen LogP contribution in [0.5, 0.6) is 0 Å². The van der Waals surface area contributed by atoms with Crippen molar-refractivity contribution < 1.29 is 53.4 Å². The molecule has 1 fully saturated rings. The quantitative estimate of drug-likeness (QED) is 0.0329. The molecule has 3 aromatic rings. The maximum atomic E-state index is 13.7. The lowest BCUT2D eigenvalue weighted by atomic mass is 9.81. The SMILES string of the molecule is Cc1ccc(CCCC(=O)NCCCCC(NC=O)C(=O)NCC2CCC(C(=O)NC(Cc3ccc4ccccc4c3)C(=O)NCCCCC(C=O)NC(=O)NC(CCC(=O)O)C(=O)O)CC2)cc1. The summed E-state index contributed by atoms with van der Waals surface area (Å²) in [7, 11) is 0. The fourth-order valence-corrected chi connectivity index (χ4v) is 8.36. The fraction of sp³-hybridized carbons (Fsp3) is 0.510. The van der Waals surface area contributed by atoms with Crippen molar-refractivity contribution in [3.8, 4) is 0 Å². The number of hydrogen-bond acceptors (Lipinski definition) is 9. The van der Waals surface area contributed by atoms with E-state index in [1.54, 1.807) is 0 Å². The molecule has 4 rings (SSSR count). The Bertz CT molecular complexity index is 2180. The molecular formula is C51H69N7O11. The molecule has 0 aliphatic heterocycles. The Kier molecular flexibility index (Phi) is 23.7. The highest BCUT2D eigenvalue weighted by Crippen LogP contribution is 2.29. The number of carbonyl (C=O) groups is 9. The Morgan fingerprint density at radius 3 is 2.00 bits per heavy atom. The van der Waals surface area contributed by atoms with Crippen molar-refractivity contribution in [2.45, 2.75) is 134 Å². The lowest BCUT2D eigenvalue weighted by Gasteiger charge is -2.29. The molecule has 18 nitrogen and oxygen atoms in total. The van der Waals surface area contributed by atoms with Gasteiger partial charge in [-0.3, -0.25) is 28.8 Å². The maximum Gasteiger partial charge on any atom is 0.326 e. The molecule has 0 spiro atoms. The van der Waals surface area contributed by atoms with E-state index in [4.69, 9.17) is 5.11 Å². The van der Waals surface area contributed by atoms with E-state index in [1.807, 2.05) is 49.4 Å². The van der Waals surface area contributed by atoms with Gasteiger partial charge < -0.3 is 52.2 Å². The van der Waals surface area contributed by atoms with Crippen LogP contribution >= 0.6 is 0 Å². The molecule has 0 saturated heterocycles. The van der Waals surface area contributed by atoms with E-state index in [1.165, 1.54) is 11.1 Å². The third kappa shape index (κ3) is 20.5. The topological polar surface area (TPSA) is 278 Å². The summed E-state index contributed by atoms with van der Waals surface area (Å²) in [6.07, 6.45) is 7.71. The third-order valence-electron chi connectivity index (χ3n) is 12.5.